The van der Waals surface area contributed by atoms with Crippen LogP contribution in [0.5, 0.6) is 0 Å². The van der Waals surface area contributed by atoms with Crippen molar-refractivity contribution in [1.82, 2.24) is 5.32 Å². The normalized spacial score (nSPS) is 38.2. The molecule has 2 atom stereocenters. The Balaban J connectivity index is 2.30. The van der Waals surface area contributed by atoms with Gasteiger partial charge in [-0.15, -0.1) is 0 Å². The van der Waals surface area contributed by atoms with Gasteiger partial charge >= 0.3 is 0 Å². The molecule has 1 saturated heterocycles. The van der Waals surface area contributed by atoms with E-state index >= 15 is 0 Å². The Bertz CT molecular complexity index is 76.8. The molecular weight excluding hydrogens is 104 g/mol. The third-order valence-electron chi connectivity index (χ3n) is 1.57. The molecule has 2 unspecified atom stereocenters. The van der Waals surface area contributed by atoms with Gasteiger partial charge in [0, 0.05) is 12.6 Å². The Morgan fingerprint density at radius 2 is 2.50 bits per heavy atom. The predicted octanol–water partition coefficient (Wildman–Crippen LogP) is -1.33. The van der Waals surface area contributed by atoms with Crippen LogP contribution in [0.2, 0.25) is 0 Å². The van der Waals surface area contributed by atoms with Crippen molar-refractivity contribution in [1.29, 1.82) is 0 Å². The van der Waals surface area contributed by atoms with E-state index in [0.29, 0.717) is 6.54 Å². The molecule has 1 heterocycles. The summed E-state index contributed by atoms with van der Waals surface area (Å²) in [5, 5.41) is 12.1. The lowest BCUT2D eigenvalue weighted by molar-refractivity contribution is 0.162. The fourth-order valence-electron chi connectivity index (χ4n) is 0.994. The first-order valence-corrected chi connectivity index (χ1v) is 2.96. The van der Waals surface area contributed by atoms with Crippen LogP contribution in [-0.4, -0.2) is 30.3 Å². The van der Waals surface area contributed by atoms with Gasteiger partial charge in [-0.2, -0.15) is 0 Å². The van der Waals surface area contributed by atoms with Crippen LogP contribution in [0.1, 0.15) is 6.42 Å². The first-order valence-electron chi connectivity index (χ1n) is 2.96. The average molecular weight is 116 g/mol. The molecule has 1 aliphatic rings. The van der Waals surface area contributed by atoms with Gasteiger partial charge in [0.15, 0.2) is 0 Å². The Morgan fingerprint density at radius 3 is 2.75 bits per heavy atom. The standard InChI is InChI=1S/C5H12N2O/c6-3-4-5(8)1-2-7-4/h4-5,7-8H,1-3,6H2. The number of hydrogen-bond donors (Lipinski definition) is 3. The van der Waals surface area contributed by atoms with E-state index in [2.05, 4.69) is 5.32 Å². The van der Waals surface area contributed by atoms with Crippen LogP contribution in [0.15, 0.2) is 0 Å². The lowest BCUT2D eigenvalue weighted by atomic mass is 10.2. The summed E-state index contributed by atoms with van der Waals surface area (Å²) < 4.78 is 0. The highest BCUT2D eigenvalue weighted by molar-refractivity contribution is 4.83. The molecule has 0 aromatic rings. The molecular formula is C5H12N2O. The number of hydrogen-bond acceptors (Lipinski definition) is 3. The molecule has 3 heteroatoms. The van der Waals surface area contributed by atoms with Crippen LogP contribution in [-0.2, 0) is 0 Å². The van der Waals surface area contributed by atoms with Crippen molar-refractivity contribution in [2.75, 3.05) is 13.1 Å². The van der Waals surface area contributed by atoms with Crippen LogP contribution >= 0.6 is 0 Å². The Labute approximate surface area is 48.9 Å². The molecule has 0 bridgehead atoms. The van der Waals surface area contributed by atoms with E-state index in [1.54, 1.807) is 0 Å². The van der Waals surface area contributed by atoms with Crippen LogP contribution in [0.25, 0.3) is 0 Å². The smallest absolute Gasteiger partial charge is 0.0717 e. The first kappa shape index (κ1) is 6.01. The zero-order chi connectivity index (χ0) is 5.98. The number of nitrogens with one attached hydrogen (secondary N) is 1. The molecule has 48 valence electrons. The van der Waals surface area contributed by atoms with Gasteiger partial charge in [-0.05, 0) is 13.0 Å². The van der Waals surface area contributed by atoms with Gasteiger partial charge in [-0.25, -0.2) is 0 Å². The molecule has 0 aromatic heterocycles. The SMILES string of the molecule is NCC1NCCC1O. The van der Waals surface area contributed by atoms with Gasteiger partial charge in [0.2, 0.25) is 0 Å². The van der Waals surface area contributed by atoms with Crippen molar-refractivity contribution in [3.8, 4) is 0 Å². The predicted molar refractivity (Wildman–Crippen MR) is 31.5 cm³/mol. The van der Waals surface area contributed by atoms with Crippen molar-refractivity contribution in [3.63, 3.8) is 0 Å². The molecule has 0 aromatic carbocycles. The number of aliphatic hydroxyl groups is 1. The van der Waals surface area contributed by atoms with E-state index in [9.17, 15) is 0 Å². The van der Waals surface area contributed by atoms with Gasteiger partial charge in [0.05, 0.1) is 6.10 Å². The molecule has 8 heavy (non-hydrogen) atoms. The summed E-state index contributed by atoms with van der Waals surface area (Å²) in [6.07, 6.45) is 0.641. The third kappa shape index (κ3) is 0.992. The molecule has 0 spiro atoms. The monoisotopic (exact) mass is 116 g/mol. The van der Waals surface area contributed by atoms with Crippen LogP contribution < -0.4 is 11.1 Å². The molecule has 3 nitrogen and oxygen atoms in total. The van der Waals surface area contributed by atoms with Gasteiger partial charge in [0.25, 0.3) is 0 Å². The third-order valence-corrected chi connectivity index (χ3v) is 1.57. The quantitative estimate of drug-likeness (QED) is 0.398. The lowest BCUT2D eigenvalue weighted by Gasteiger charge is -2.09. The fourth-order valence-corrected chi connectivity index (χ4v) is 0.994. The van der Waals surface area contributed by atoms with Gasteiger partial charge in [-0.3, -0.25) is 0 Å². The van der Waals surface area contributed by atoms with Gasteiger partial charge < -0.3 is 16.2 Å². The largest absolute Gasteiger partial charge is 0.391 e. The topological polar surface area (TPSA) is 58.3 Å². The van der Waals surface area contributed by atoms with E-state index in [1.165, 1.54) is 0 Å². The summed E-state index contributed by atoms with van der Waals surface area (Å²) in [7, 11) is 0. The summed E-state index contributed by atoms with van der Waals surface area (Å²) in [6.45, 7) is 1.45. The number of rotatable bonds is 1. The summed E-state index contributed by atoms with van der Waals surface area (Å²) >= 11 is 0. The molecule has 1 rings (SSSR count). The van der Waals surface area contributed by atoms with Gasteiger partial charge in [0.1, 0.15) is 0 Å². The zero-order valence-corrected chi connectivity index (χ0v) is 4.80. The summed E-state index contributed by atoms with van der Waals surface area (Å²) in [5.74, 6) is 0. The highest BCUT2D eigenvalue weighted by Crippen LogP contribution is 2.03. The van der Waals surface area contributed by atoms with Crippen molar-refractivity contribution in [2.45, 2.75) is 18.6 Å². The van der Waals surface area contributed by atoms with Crippen molar-refractivity contribution in [3.05, 3.63) is 0 Å². The fraction of sp³-hybridized carbons (Fsp3) is 1.00. The lowest BCUT2D eigenvalue weighted by Crippen LogP contribution is -2.37. The molecule has 0 amide bonds. The van der Waals surface area contributed by atoms with E-state index < -0.39 is 0 Å². The molecule has 0 aliphatic carbocycles. The maximum atomic E-state index is 9.05. The van der Waals surface area contributed by atoms with Crippen molar-refractivity contribution in [2.24, 2.45) is 5.73 Å². The summed E-state index contributed by atoms with van der Waals surface area (Å²) in [6, 6.07) is 0.148. The second-order valence-electron chi connectivity index (χ2n) is 2.15. The first-order chi connectivity index (χ1) is 3.84. The van der Waals surface area contributed by atoms with Crippen molar-refractivity contribution < 1.29 is 5.11 Å². The highest BCUT2D eigenvalue weighted by atomic mass is 16.3. The minimum Gasteiger partial charge on any atom is -0.391 e. The number of aliphatic hydroxyl groups excluding tert-OH is 1. The molecule has 4 N–H and O–H groups in total. The number of nitrogens with two attached hydrogens (primary N) is 1. The molecule has 0 saturated carbocycles. The Hall–Kier alpha value is -0.120. The second kappa shape index (κ2) is 2.44. The minimum atomic E-state index is -0.208. The maximum Gasteiger partial charge on any atom is 0.0717 e. The summed E-state index contributed by atoms with van der Waals surface area (Å²) in [5.41, 5.74) is 5.30. The Morgan fingerprint density at radius 1 is 1.75 bits per heavy atom. The molecule has 1 fully saturated rings. The van der Waals surface area contributed by atoms with Crippen LogP contribution in [0.3, 0.4) is 0 Å². The molecule has 1 aliphatic heterocycles. The zero-order valence-electron chi connectivity index (χ0n) is 4.80. The van der Waals surface area contributed by atoms with E-state index in [0.717, 1.165) is 13.0 Å². The maximum absolute atomic E-state index is 9.05. The van der Waals surface area contributed by atoms with Gasteiger partial charge in [-0.1, -0.05) is 0 Å². The second-order valence-corrected chi connectivity index (χ2v) is 2.15. The van der Waals surface area contributed by atoms with E-state index in [-0.39, 0.29) is 12.1 Å². The molecule has 0 radical (unpaired) electrons. The Kier molecular flexibility index (Phi) is 1.83. The minimum absolute atomic E-state index is 0.148. The van der Waals surface area contributed by atoms with Crippen LogP contribution in [0, 0.1) is 0 Å². The highest BCUT2D eigenvalue weighted by Gasteiger charge is 2.22. The summed E-state index contributed by atoms with van der Waals surface area (Å²) in [4.78, 5) is 0. The van der Waals surface area contributed by atoms with Crippen molar-refractivity contribution >= 4 is 0 Å². The average Bonchev–Trinajstić information content (AvgIpc) is 2.14. The van der Waals surface area contributed by atoms with Crippen LogP contribution in [0.4, 0.5) is 0 Å². The van der Waals surface area contributed by atoms with E-state index in [1.807, 2.05) is 0 Å². The van der Waals surface area contributed by atoms with E-state index in [4.69, 9.17) is 10.8 Å².